The molecule has 1 aromatic carbocycles. The van der Waals surface area contributed by atoms with Crippen molar-refractivity contribution in [1.29, 1.82) is 0 Å². The van der Waals surface area contributed by atoms with Gasteiger partial charge in [0.2, 0.25) is 15.9 Å². The third-order valence-electron chi connectivity index (χ3n) is 2.65. The Balaban J connectivity index is 2.98. The van der Waals surface area contributed by atoms with Gasteiger partial charge in [-0.1, -0.05) is 15.9 Å². The number of nitrogens with one attached hydrogen (secondary N) is 2. The highest BCUT2D eigenvalue weighted by atomic mass is 79.9. The Hall–Kier alpha value is -1.45. The first-order valence-corrected chi connectivity index (χ1v) is 8.20. The number of carbonyl (C=O) groups is 2. The Morgan fingerprint density at radius 3 is 2.43 bits per heavy atom. The van der Waals surface area contributed by atoms with Crippen molar-refractivity contribution in [2.45, 2.75) is 18.7 Å². The van der Waals surface area contributed by atoms with Gasteiger partial charge in [0.15, 0.2) is 0 Å². The minimum atomic E-state index is -3.85. The Morgan fingerprint density at radius 2 is 1.90 bits per heavy atom. The fourth-order valence-corrected chi connectivity index (χ4v) is 3.23. The molecule has 3 N–H and O–H groups in total. The molecule has 0 aliphatic carbocycles. The van der Waals surface area contributed by atoms with Crippen LogP contribution in [0.1, 0.15) is 22.8 Å². The second-order valence-corrected chi connectivity index (χ2v) is 6.88. The van der Waals surface area contributed by atoms with E-state index in [1.54, 1.807) is 6.92 Å². The molecule has 1 amide bonds. The minimum absolute atomic E-state index is 0.00974. The molecule has 116 valence electrons. The van der Waals surface area contributed by atoms with Crippen LogP contribution in [0.4, 0.5) is 0 Å². The number of aromatic carboxylic acids is 1. The smallest absolute Gasteiger partial charge is 0.336 e. The highest BCUT2D eigenvalue weighted by Gasteiger charge is 2.19. The van der Waals surface area contributed by atoms with Crippen LogP contribution in [-0.2, 0) is 14.8 Å². The van der Waals surface area contributed by atoms with Crippen LogP contribution in [0.5, 0.6) is 0 Å². The molecular formula is C12H15BrN2O5S. The molecule has 0 saturated heterocycles. The van der Waals surface area contributed by atoms with Crippen LogP contribution < -0.4 is 10.0 Å². The first kappa shape index (κ1) is 17.6. The normalized spacial score (nSPS) is 11.2. The number of benzene rings is 1. The Kier molecular flexibility index (Phi) is 5.87. The van der Waals surface area contributed by atoms with Gasteiger partial charge in [-0.05, 0) is 24.6 Å². The number of carboxylic acids is 1. The molecule has 0 bridgehead atoms. The van der Waals surface area contributed by atoms with Gasteiger partial charge in [0.25, 0.3) is 0 Å². The third kappa shape index (κ3) is 4.80. The fourth-order valence-electron chi connectivity index (χ4n) is 1.54. The van der Waals surface area contributed by atoms with E-state index >= 15 is 0 Å². The van der Waals surface area contributed by atoms with Crippen molar-refractivity contribution in [3.63, 3.8) is 0 Å². The maximum absolute atomic E-state index is 12.1. The summed E-state index contributed by atoms with van der Waals surface area (Å²) in [6, 6.07) is 2.44. The summed E-state index contributed by atoms with van der Waals surface area (Å²) in [5.74, 6) is -1.47. The number of sulfonamides is 1. The largest absolute Gasteiger partial charge is 0.478 e. The van der Waals surface area contributed by atoms with Crippen LogP contribution in [-0.4, -0.2) is 38.5 Å². The van der Waals surface area contributed by atoms with Crippen LogP contribution in [0.3, 0.4) is 0 Å². The molecule has 7 nitrogen and oxygen atoms in total. The summed E-state index contributed by atoms with van der Waals surface area (Å²) in [5, 5.41) is 11.5. The number of hydrogen-bond donors (Lipinski definition) is 3. The topological polar surface area (TPSA) is 113 Å². The van der Waals surface area contributed by atoms with E-state index in [0.29, 0.717) is 10.0 Å². The van der Waals surface area contributed by atoms with Crippen molar-refractivity contribution < 1.29 is 23.1 Å². The van der Waals surface area contributed by atoms with Crippen molar-refractivity contribution in [1.82, 2.24) is 10.0 Å². The predicted molar refractivity (Wildman–Crippen MR) is 79.7 cm³/mol. The molecule has 21 heavy (non-hydrogen) atoms. The van der Waals surface area contributed by atoms with Gasteiger partial charge in [0.05, 0.1) is 10.5 Å². The van der Waals surface area contributed by atoms with Crippen molar-refractivity contribution >= 4 is 37.8 Å². The molecular weight excluding hydrogens is 364 g/mol. The van der Waals surface area contributed by atoms with Gasteiger partial charge in [-0.25, -0.2) is 17.9 Å². The number of halogens is 1. The molecule has 9 heteroatoms. The lowest BCUT2D eigenvalue weighted by molar-refractivity contribution is -0.118. The summed E-state index contributed by atoms with van der Waals surface area (Å²) in [7, 11) is -3.85. The molecule has 0 radical (unpaired) electrons. The van der Waals surface area contributed by atoms with Crippen molar-refractivity contribution in [3.8, 4) is 0 Å². The lowest BCUT2D eigenvalue weighted by atomic mass is 10.1. The molecule has 0 aromatic heterocycles. The summed E-state index contributed by atoms with van der Waals surface area (Å²) in [6.07, 6.45) is 0. The molecule has 0 aliphatic heterocycles. The van der Waals surface area contributed by atoms with Crippen LogP contribution >= 0.6 is 15.9 Å². The summed E-state index contributed by atoms with van der Waals surface area (Å²) >= 11 is 3.15. The molecule has 0 spiro atoms. The quantitative estimate of drug-likeness (QED) is 0.635. The van der Waals surface area contributed by atoms with Crippen LogP contribution in [0, 0.1) is 6.92 Å². The van der Waals surface area contributed by atoms with E-state index in [0.717, 1.165) is 6.07 Å². The van der Waals surface area contributed by atoms with E-state index in [-0.39, 0.29) is 29.5 Å². The molecule has 0 heterocycles. The van der Waals surface area contributed by atoms with E-state index in [4.69, 9.17) is 5.11 Å². The van der Waals surface area contributed by atoms with Gasteiger partial charge in [0, 0.05) is 24.5 Å². The lowest BCUT2D eigenvalue weighted by Crippen LogP contribution is -2.33. The average Bonchev–Trinajstić information content (AvgIpc) is 2.37. The van der Waals surface area contributed by atoms with Crippen molar-refractivity contribution in [3.05, 3.63) is 27.7 Å². The lowest BCUT2D eigenvalue weighted by Gasteiger charge is -2.10. The zero-order valence-electron chi connectivity index (χ0n) is 11.4. The van der Waals surface area contributed by atoms with Crippen molar-refractivity contribution in [2.75, 3.05) is 13.1 Å². The molecule has 1 aromatic rings. The van der Waals surface area contributed by atoms with Gasteiger partial charge in [-0.3, -0.25) is 4.79 Å². The van der Waals surface area contributed by atoms with Gasteiger partial charge < -0.3 is 10.4 Å². The maximum atomic E-state index is 12.1. The Labute approximate surface area is 130 Å². The van der Waals surface area contributed by atoms with Crippen LogP contribution in [0.25, 0.3) is 0 Å². The fraction of sp³-hybridized carbons (Fsp3) is 0.333. The number of hydrogen-bond acceptors (Lipinski definition) is 4. The van der Waals surface area contributed by atoms with E-state index < -0.39 is 16.0 Å². The Morgan fingerprint density at radius 1 is 1.29 bits per heavy atom. The number of carbonyl (C=O) groups excluding carboxylic acids is 1. The standard InChI is InChI=1S/C12H15BrN2O5S/c1-7-10(12(17)18)5-9(6-11(7)13)21(19,20)15-4-3-14-8(2)16/h5-6,15H,3-4H2,1-2H3,(H,14,16)(H,17,18). The summed E-state index contributed by atoms with van der Waals surface area (Å²) in [6.45, 7) is 3.06. The molecule has 0 saturated carbocycles. The van der Waals surface area contributed by atoms with E-state index in [1.807, 2.05) is 0 Å². The third-order valence-corrected chi connectivity index (χ3v) is 4.91. The van der Waals surface area contributed by atoms with Gasteiger partial charge in [-0.15, -0.1) is 0 Å². The second-order valence-electron chi connectivity index (χ2n) is 4.26. The zero-order valence-corrected chi connectivity index (χ0v) is 13.8. The molecule has 1 rings (SSSR count). The molecule has 0 atom stereocenters. The first-order chi connectivity index (χ1) is 9.65. The number of rotatable bonds is 6. The monoisotopic (exact) mass is 378 g/mol. The molecule has 0 unspecified atom stereocenters. The minimum Gasteiger partial charge on any atom is -0.478 e. The van der Waals surface area contributed by atoms with Gasteiger partial charge in [0.1, 0.15) is 0 Å². The van der Waals surface area contributed by atoms with Gasteiger partial charge >= 0.3 is 5.97 Å². The molecule has 0 aliphatic rings. The van der Waals surface area contributed by atoms with Crippen LogP contribution in [0.15, 0.2) is 21.5 Å². The summed E-state index contributed by atoms with van der Waals surface area (Å²) in [4.78, 5) is 21.6. The average molecular weight is 379 g/mol. The Bertz CT molecular complexity index is 672. The van der Waals surface area contributed by atoms with Gasteiger partial charge in [-0.2, -0.15) is 0 Å². The van der Waals surface area contributed by atoms with Crippen LogP contribution in [0.2, 0.25) is 0 Å². The van der Waals surface area contributed by atoms with Crippen molar-refractivity contribution in [2.24, 2.45) is 0 Å². The summed E-state index contributed by atoms with van der Waals surface area (Å²) < 4.78 is 26.8. The summed E-state index contributed by atoms with van der Waals surface area (Å²) in [5.41, 5.74) is 0.353. The second kappa shape index (κ2) is 7.01. The predicted octanol–water partition coefficient (Wildman–Crippen LogP) is 0.870. The number of carboxylic acid groups (broad SMARTS) is 1. The SMILES string of the molecule is CC(=O)NCCNS(=O)(=O)c1cc(Br)c(C)c(C(=O)O)c1. The van der Waals surface area contributed by atoms with E-state index in [1.165, 1.54) is 13.0 Å². The highest BCUT2D eigenvalue weighted by Crippen LogP contribution is 2.24. The van der Waals surface area contributed by atoms with E-state index in [9.17, 15) is 18.0 Å². The van der Waals surface area contributed by atoms with E-state index in [2.05, 4.69) is 26.0 Å². The number of amides is 1. The zero-order chi connectivity index (χ0) is 16.2. The molecule has 0 fully saturated rings. The first-order valence-electron chi connectivity index (χ1n) is 5.92. The highest BCUT2D eigenvalue weighted by molar-refractivity contribution is 9.10. The maximum Gasteiger partial charge on any atom is 0.336 e.